The Labute approximate surface area is 271 Å². The second-order valence-corrected chi connectivity index (χ2v) is 13.3. The largest absolute Gasteiger partial charge is 0.416 e. The molecule has 6 aromatic carbocycles. The van der Waals surface area contributed by atoms with E-state index in [-0.39, 0.29) is 23.0 Å². The lowest BCUT2D eigenvalue weighted by Crippen LogP contribution is -2.27. The number of halogens is 12. The number of hydrogen-bond donors (Lipinski definition) is 0. The van der Waals surface area contributed by atoms with E-state index in [4.69, 9.17) is 0 Å². The van der Waals surface area contributed by atoms with Gasteiger partial charge in [0.25, 0.3) is 0 Å². The van der Waals surface area contributed by atoms with Crippen LogP contribution in [-0.2, 0) is 24.7 Å². The lowest BCUT2D eigenvalue weighted by Gasteiger charge is -2.27. The molecule has 13 heteroatoms. The molecule has 0 atom stereocenters. The number of fused-ring (bicyclic) bond motifs is 2. The molecule has 49 heavy (non-hydrogen) atoms. The first kappa shape index (κ1) is 34.3. The quantitative estimate of drug-likeness (QED) is 0.126. The highest BCUT2D eigenvalue weighted by molar-refractivity contribution is 7.80. The van der Waals surface area contributed by atoms with Crippen molar-refractivity contribution in [1.82, 2.24) is 0 Å². The minimum Gasteiger partial charge on any atom is -0.166 e. The number of benzene rings is 6. The van der Waals surface area contributed by atoms with Crippen LogP contribution in [0.2, 0.25) is 0 Å². The van der Waals surface area contributed by atoms with Crippen LogP contribution in [0.4, 0.5) is 52.7 Å². The predicted molar refractivity (Wildman–Crippen MR) is 166 cm³/mol. The average molecular weight is 710 g/mol. The van der Waals surface area contributed by atoms with E-state index >= 15 is 0 Å². The Kier molecular flexibility index (Phi) is 8.46. The van der Waals surface area contributed by atoms with Crippen molar-refractivity contribution in [2.24, 2.45) is 0 Å². The molecule has 0 aliphatic carbocycles. The molecule has 0 radical (unpaired) electrons. The van der Waals surface area contributed by atoms with E-state index in [1.54, 1.807) is 66.7 Å². The van der Waals surface area contributed by atoms with Crippen molar-refractivity contribution in [2.45, 2.75) is 24.7 Å². The summed E-state index contributed by atoms with van der Waals surface area (Å²) in [6, 6.07) is 22.4. The van der Waals surface area contributed by atoms with Gasteiger partial charge in [0, 0.05) is 0 Å². The fraction of sp³-hybridized carbons (Fsp3) is 0.111. The zero-order valence-electron chi connectivity index (χ0n) is 24.5. The molecule has 0 amide bonds. The summed E-state index contributed by atoms with van der Waals surface area (Å²) in [4.78, 5) is 0. The van der Waals surface area contributed by atoms with Crippen LogP contribution in [-0.4, -0.2) is 0 Å². The maximum atomic E-state index is 14.1. The number of rotatable bonds is 4. The maximum absolute atomic E-state index is 14.1. The number of alkyl halides is 12. The van der Waals surface area contributed by atoms with Crippen LogP contribution in [0.3, 0.4) is 0 Å². The third-order valence-electron chi connectivity index (χ3n) is 7.87. The van der Waals surface area contributed by atoms with Gasteiger partial charge in [0.1, 0.15) is 0 Å². The molecule has 0 bridgehead atoms. The van der Waals surface area contributed by atoms with Gasteiger partial charge in [0.05, 0.1) is 22.3 Å². The third kappa shape index (κ3) is 6.84. The fourth-order valence-corrected chi connectivity index (χ4v) is 8.35. The molecule has 0 N–H and O–H groups in total. The molecule has 0 fully saturated rings. The SMILES string of the molecule is FC(F)(F)c1cc(P(c2cc(C(F)(F)F)cc(C(F)(F)F)c2)c2ccc3ccccc3c2-c2cccc3ccccc23)cc(C(F)(F)F)c1. The van der Waals surface area contributed by atoms with Gasteiger partial charge < -0.3 is 0 Å². The van der Waals surface area contributed by atoms with Crippen molar-refractivity contribution in [3.8, 4) is 11.1 Å². The molecule has 0 unspecified atom stereocenters. The van der Waals surface area contributed by atoms with Gasteiger partial charge in [0.2, 0.25) is 0 Å². The molecule has 0 aliphatic rings. The van der Waals surface area contributed by atoms with Crippen molar-refractivity contribution in [2.75, 3.05) is 0 Å². The Bertz CT molecular complexity index is 2050. The minimum absolute atomic E-state index is 0.0510. The van der Waals surface area contributed by atoms with Crippen molar-refractivity contribution in [3.05, 3.63) is 138 Å². The highest BCUT2D eigenvalue weighted by Crippen LogP contribution is 2.46. The molecular weight excluding hydrogens is 691 g/mol. The van der Waals surface area contributed by atoms with E-state index in [0.717, 1.165) is 0 Å². The Morgan fingerprint density at radius 2 is 0.755 bits per heavy atom. The molecule has 0 saturated heterocycles. The minimum atomic E-state index is -5.34. The van der Waals surface area contributed by atoms with Crippen molar-refractivity contribution in [1.29, 1.82) is 0 Å². The molecule has 6 aromatic rings. The summed E-state index contributed by atoms with van der Waals surface area (Å²) in [5, 5.41) is 0.699. The zero-order valence-corrected chi connectivity index (χ0v) is 25.3. The molecule has 0 nitrogen and oxygen atoms in total. The first-order chi connectivity index (χ1) is 22.8. The lowest BCUT2D eigenvalue weighted by atomic mass is 9.94. The summed E-state index contributed by atoms with van der Waals surface area (Å²) >= 11 is 0. The Morgan fingerprint density at radius 3 is 1.20 bits per heavy atom. The highest BCUT2D eigenvalue weighted by atomic mass is 31.1. The van der Waals surface area contributed by atoms with Crippen LogP contribution in [0.1, 0.15) is 22.3 Å². The first-order valence-electron chi connectivity index (χ1n) is 14.2. The standard InChI is InChI=1S/C36H19F12P/c37-33(38,39)22-14-23(34(40,41)42)17-26(16-22)49(27-18-24(35(43,44)45)15-25(19-27)36(46,47)48)31-13-12-21-7-2-4-10-29(21)32(31)30-11-5-8-20-6-1-3-9-28(20)30/h1-19H. The molecular formula is C36H19F12P. The average Bonchev–Trinajstić information content (AvgIpc) is 3.02. The Morgan fingerprint density at radius 1 is 0.367 bits per heavy atom. The van der Waals surface area contributed by atoms with Gasteiger partial charge in [-0.05, 0) is 92.9 Å². The maximum Gasteiger partial charge on any atom is 0.416 e. The highest BCUT2D eigenvalue weighted by Gasteiger charge is 2.41. The van der Waals surface area contributed by atoms with Crippen molar-refractivity contribution < 1.29 is 52.7 Å². The van der Waals surface area contributed by atoms with E-state index in [9.17, 15) is 52.7 Å². The van der Waals surface area contributed by atoms with Gasteiger partial charge in [-0.15, -0.1) is 0 Å². The summed E-state index contributed by atoms with van der Waals surface area (Å²) in [5.74, 6) is 0. The molecule has 0 saturated carbocycles. The summed E-state index contributed by atoms with van der Waals surface area (Å²) in [6.07, 6.45) is -21.4. The van der Waals surface area contributed by atoms with Crippen LogP contribution in [0.25, 0.3) is 32.7 Å². The van der Waals surface area contributed by atoms with E-state index in [2.05, 4.69) is 0 Å². The monoisotopic (exact) mass is 710 g/mol. The summed E-state index contributed by atoms with van der Waals surface area (Å²) in [5.41, 5.74) is -6.40. The van der Waals surface area contributed by atoms with Gasteiger partial charge in [-0.3, -0.25) is 0 Å². The summed E-state index contributed by atoms with van der Waals surface area (Å²) in [7, 11) is -2.97. The molecule has 0 heterocycles. The van der Waals surface area contributed by atoms with Gasteiger partial charge in [-0.2, -0.15) is 52.7 Å². The van der Waals surface area contributed by atoms with Crippen LogP contribution in [0, 0.1) is 0 Å². The zero-order chi connectivity index (χ0) is 35.5. The summed E-state index contributed by atoms with van der Waals surface area (Å²) in [6.45, 7) is 0. The molecule has 0 aromatic heterocycles. The van der Waals surface area contributed by atoms with Gasteiger partial charge in [-0.25, -0.2) is 0 Å². The Balaban J connectivity index is 1.81. The molecule has 252 valence electrons. The van der Waals surface area contributed by atoms with Crippen LogP contribution in [0.15, 0.2) is 115 Å². The van der Waals surface area contributed by atoms with Crippen LogP contribution < -0.4 is 15.9 Å². The molecule has 0 spiro atoms. The van der Waals surface area contributed by atoms with Crippen LogP contribution >= 0.6 is 7.92 Å². The Hall–Kier alpha value is -4.57. The van der Waals surface area contributed by atoms with E-state index in [1.807, 2.05) is 0 Å². The predicted octanol–water partition coefficient (Wildman–Crippen LogP) is 11.5. The van der Waals surface area contributed by atoms with Crippen molar-refractivity contribution >= 4 is 45.4 Å². The first-order valence-corrected chi connectivity index (χ1v) is 15.6. The topological polar surface area (TPSA) is 0 Å². The lowest BCUT2D eigenvalue weighted by molar-refractivity contribution is -0.144. The van der Waals surface area contributed by atoms with Crippen molar-refractivity contribution in [3.63, 3.8) is 0 Å². The molecule has 0 aliphatic heterocycles. The molecule has 6 rings (SSSR count). The van der Waals surface area contributed by atoms with E-state index in [0.29, 0.717) is 51.4 Å². The fourth-order valence-electron chi connectivity index (χ4n) is 5.74. The summed E-state index contributed by atoms with van der Waals surface area (Å²) < 4.78 is 169. The smallest absolute Gasteiger partial charge is 0.166 e. The van der Waals surface area contributed by atoms with Gasteiger partial charge in [-0.1, -0.05) is 78.9 Å². The van der Waals surface area contributed by atoms with E-state index in [1.165, 1.54) is 12.1 Å². The van der Waals surface area contributed by atoms with Gasteiger partial charge in [0.15, 0.2) is 0 Å². The van der Waals surface area contributed by atoms with E-state index < -0.39 is 65.5 Å². The number of hydrogen-bond acceptors (Lipinski definition) is 0. The second-order valence-electron chi connectivity index (χ2n) is 11.1. The van der Waals surface area contributed by atoms with Gasteiger partial charge >= 0.3 is 24.7 Å². The normalized spacial score (nSPS) is 13.1. The second kappa shape index (κ2) is 12.1. The third-order valence-corrected chi connectivity index (χ3v) is 10.3. The van der Waals surface area contributed by atoms with Crippen LogP contribution in [0.5, 0.6) is 0 Å².